The summed E-state index contributed by atoms with van der Waals surface area (Å²) in [7, 11) is -2.06. The topological polar surface area (TPSA) is 112 Å². The highest BCUT2D eigenvalue weighted by Gasteiger charge is 2.37. The van der Waals surface area contributed by atoms with E-state index in [1.807, 2.05) is 121 Å². The summed E-state index contributed by atoms with van der Waals surface area (Å²) in [5, 5.41) is 11.0. The second-order valence-corrected chi connectivity index (χ2v) is 12.2. The molecule has 236 valence electrons. The molecule has 6 rings (SSSR count). The Morgan fingerprint density at radius 1 is 0.783 bits per heavy atom. The van der Waals surface area contributed by atoms with Crippen molar-refractivity contribution in [3.63, 3.8) is 0 Å². The molecule has 1 aromatic heterocycles. The van der Waals surface area contributed by atoms with Crippen LogP contribution in [0, 0.1) is 6.92 Å². The maximum absolute atomic E-state index is 12.5. The van der Waals surface area contributed by atoms with Gasteiger partial charge < -0.3 is 14.4 Å². The summed E-state index contributed by atoms with van der Waals surface area (Å²) in [6, 6.07) is 39.4. The minimum absolute atomic E-state index is 0.0624. The number of ether oxygens (including phenoxy) is 1. The molecular formula is C36H35N2O7P. The molecule has 5 aromatic rings. The summed E-state index contributed by atoms with van der Waals surface area (Å²) in [4.78, 5) is 26.7. The smallest absolute Gasteiger partial charge is 0.334 e. The lowest BCUT2D eigenvalue weighted by Gasteiger charge is -2.29. The number of hydrogen-bond donors (Lipinski definition) is 2. The van der Waals surface area contributed by atoms with Gasteiger partial charge in [-0.25, -0.2) is 4.79 Å². The van der Waals surface area contributed by atoms with E-state index in [0.29, 0.717) is 5.56 Å². The van der Waals surface area contributed by atoms with Crippen LogP contribution in [0.25, 0.3) is 0 Å². The van der Waals surface area contributed by atoms with Crippen LogP contribution in [0.5, 0.6) is 0 Å². The number of aromatic nitrogens is 2. The minimum Gasteiger partial charge on any atom is -0.390 e. The first-order chi connectivity index (χ1) is 22.5. The molecule has 10 heteroatoms. The molecule has 2 heterocycles. The molecule has 3 atom stereocenters. The average Bonchev–Trinajstić information content (AvgIpc) is 3.47. The van der Waals surface area contributed by atoms with Gasteiger partial charge in [-0.1, -0.05) is 121 Å². The standard InChI is InChI=1S/C36H35N2O7P/c1-25-23-38(36(41)37-35(25)40)32-22-30(39)31(43-32)24-42-46(44-33(26-14-6-2-7-15-26)27-16-8-3-9-17-27)45-34(28-18-10-4-11-19-28)29-20-12-5-13-21-29/h2-21,23,30-34,39H,22,24H2,1H3,(H,37,40,41)/t30-,31+,32+/m0/s1. The first kappa shape index (κ1) is 31.8. The van der Waals surface area contributed by atoms with Gasteiger partial charge in [0.05, 0.1) is 12.7 Å². The zero-order chi connectivity index (χ0) is 31.9. The van der Waals surface area contributed by atoms with E-state index < -0.39 is 50.5 Å². The van der Waals surface area contributed by atoms with E-state index in [1.54, 1.807) is 6.92 Å². The zero-order valence-corrected chi connectivity index (χ0v) is 26.1. The van der Waals surface area contributed by atoms with Gasteiger partial charge in [0.2, 0.25) is 0 Å². The van der Waals surface area contributed by atoms with E-state index in [1.165, 1.54) is 10.8 Å². The lowest BCUT2D eigenvalue weighted by Crippen LogP contribution is -2.33. The van der Waals surface area contributed by atoms with Gasteiger partial charge in [-0.05, 0) is 29.2 Å². The lowest BCUT2D eigenvalue weighted by molar-refractivity contribution is -0.0461. The molecule has 0 saturated carbocycles. The van der Waals surface area contributed by atoms with Crippen molar-refractivity contribution in [3.8, 4) is 0 Å². The van der Waals surface area contributed by atoms with Crippen molar-refractivity contribution in [1.29, 1.82) is 0 Å². The summed E-state index contributed by atoms with van der Waals surface area (Å²) < 4.78 is 27.3. The summed E-state index contributed by atoms with van der Waals surface area (Å²) >= 11 is 0. The first-order valence-electron chi connectivity index (χ1n) is 15.1. The molecule has 1 saturated heterocycles. The highest BCUT2D eigenvalue weighted by atomic mass is 31.2. The van der Waals surface area contributed by atoms with Gasteiger partial charge >= 0.3 is 14.3 Å². The van der Waals surface area contributed by atoms with Gasteiger partial charge in [0, 0.05) is 18.2 Å². The molecule has 4 aromatic carbocycles. The Hall–Kier alpha value is -4.21. The van der Waals surface area contributed by atoms with E-state index in [2.05, 4.69) is 4.98 Å². The molecule has 0 amide bonds. The highest BCUT2D eigenvalue weighted by Crippen LogP contribution is 2.52. The zero-order valence-electron chi connectivity index (χ0n) is 25.2. The number of nitrogens with one attached hydrogen (secondary N) is 1. The molecular weight excluding hydrogens is 603 g/mol. The van der Waals surface area contributed by atoms with Crippen LogP contribution in [0.4, 0.5) is 0 Å². The molecule has 0 spiro atoms. The molecule has 2 N–H and O–H groups in total. The number of aromatic amines is 1. The molecule has 1 aliphatic heterocycles. The SMILES string of the molecule is Cc1cn([C@H]2C[C@H](O)[C@@H](COP(OC(c3ccccc3)c3ccccc3)OC(c3ccccc3)c3ccccc3)O2)c(=O)[nH]c1=O. The summed E-state index contributed by atoms with van der Waals surface area (Å²) in [6.45, 7) is 1.54. The minimum atomic E-state index is -2.06. The quantitative estimate of drug-likeness (QED) is 0.153. The van der Waals surface area contributed by atoms with E-state index in [0.717, 1.165) is 22.3 Å². The van der Waals surface area contributed by atoms with Crippen LogP contribution >= 0.6 is 8.60 Å². The van der Waals surface area contributed by atoms with Gasteiger partial charge in [-0.15, -0.1) is 0 Å². The molecule has 9 nitrogen and oxygen atoms in total. The Balaban J connectivity index is 1.29. The van der Waals surface area contributed by atoms with Crippen LogP contribution in [0.15, 0.2) is 137 Å². The maximum atomic E-state index is 12.5. The van der Waals surface area contributed by atoms with Crippen LogP contribution in [0.3, 0.4) is 0 Å². The Labute approximate surface area is 268 Å². The molecule has 1 aliphatic rings. The van der Waals surface area contributed by atoms with Crippen LogP contribution in [-0.4, -0.2) is 33.5 Å². The lowest BCUT2D eigenvalue weighted by atomic mass is 10.0. The monoisotopic (exact) mass is 638 g/mol. The van der Waals surface area contributed by atoms with Crippen molar-refractivity contribution in [2.75, 3.05) is 6.61 Å². The van der Waals surface area contributed by atoms with E-state index in [9.17, 15) is 14.7 Å². The number of nitrogens with zero attached hydrogens (tertiary/aromatic N) is 1. The third kappa shape index (κ3) is 7.59. The second kappa shape index (κ2) is 14.9. The normalized spacial score (nSPS) is 18.1. The van der Waals surface area contributed by atoms with Crippen LogP contribution in [0.1, 0.15) is 52.7 Å². The second-order valence-electron chi connectivity index (χ2n) is 11.0. The number of H-pyrrole nitrogens is 1. The van der Waals surface area contributed by atoms with Crippen molar-refractivity contribution in [2.24, 2.45) is 0 Å². The van der Waals surface area contributed by atoms with Crippen molar-refractivity contribution in [1.82, 2.24) is 9.55 Å². The third-order valence-electron chi connectivity index (χ3n) is 7.80. The Bertz CT molecular complexity index is 1640. The van der Waals surface area contributed by atoms with E-state index in [4.69, 9.17) is 18.3 Å². The Kier molecular flexibility index (Phi) is 10.3. The van der Waals surface area contributed by atoms with Crippen LogP contribution < -0.4 is 11.2 Å². The van der Waals surface area contributed by atoms with Gasteiger partial charge in [-0.3, -0.25) is 23.4 Å². The van der Waals surface area contributed by atoms with E-state index >= 15 is 0 Å². The van der Waals surface area contributed by atoms with Gasteiger partial charge in [-0.2, -0.15) is 0 Å². The fourth-order valence-electron chi connectivity index (χ4n) is 5.37. The largest absolute Gasteiger partial charge is 0.390 e. The number of aliphatic hydroxyl groups excluding tert-OH is 1. The molecule has 0 bridgehead atoms. The molecule has 0 unspecified atom stereocenters. The highest BCUT2D eigenvalue weighted by molar-refractivity contribution is 7.41. The molecule has 0 radical (unpaired) electrons. The van der Waals surface area contributed by atoms with Gasteiger partial charge in [0.1, 0.15) is 24.5 Å². The predicted octanol–water partition coefficient (Wildman–Crippen LogP) is 6.35. The Morgan fingerprint density at radius 2 is 1.22 bits per heavy atom. The third-order valence-corrected chi connectivity index (χ3v) is 8.92. The van der Waals surface area contributed by atoms with Gasteiger partial charge in [0.25, 0.3) is 5.56 Å². The Morgan fingerprint density at radius 3 is 1.65 bits per heavy atom. The molecule has 0 aliphatic carbocycles. The first-order valence-corrected chi connectivity index (χ1v) is 16.2. The van der Waals surface area contributed by atoms with Crippen molar-refractivity contribution < 1.29 is 23.4 Å². The number of aryl methyl sites for hydroxylation is 1. The van der Waals surface area contributed by atoms with Crippen LogP contribution in [-0.2, 0) is 18.3 Å². The predicted molar refractivity (Wildman–Crippen MR) is 175 cm³/mol. The molecule has 1 fully saturated rings. The number of benzene rings is 4. The summed E-state index contributed by atoms with van der Waals surface area (Å²) in [5.74, 6) is 0. The average molecular weight is 639 g/mol. The number of rotatable bonds is 12. The van der Waals surface area contributed by atoms with Crippen molar-refractivity contribution in [3.05, 3.63) is 176 Å². The molecule has 46 heavy (non-hydrogen) atoms. The van der Waals surface area contributed by atoms with E-state index in [-0.39, 0.29) is 13.0 Å². The maximum Gasteiger partial charge on any atom is 0.334 e. The number of hydrogen-bond acceptors (Lipinski definition) is 7. The van der Waals surface area contributed by atoms with Gasteiger partial charge in [0.15, 0.2) is 0 Å². The summed E-state index contributed by atoms with van der Waals surface area (Å²) in [6.07, 6.45) is -1.92. The fraction of sp³-hybridized carbons (Fsp3) is 0.222. The van der Waals surface area contributed by atoms with Crippen LogP contribution in [0.2, 0.25) is 0 Å². The number of aliphatic hydroxyl groups is 1. The fourth-order valence-corrected chi connectivity index (χ4v) is 6.64. The van der Waals surface area contributed by atoms with Crippen molar-refractivity contribution in [2.45, 2.75) is 44.0 Å². The summed E-state index contributed by atoms with van der Waals surface area (Å²) in [5.41, 5.74) is 3.00. The van der Waals surface area contributed by atoms with Crippen molar-refractivity contribution >= 4 is 8.60 Å².